The maximum Gasteiger partial charge on any atom is 0.227 e. The number of carbonyl (C=O) groups is 1. The van der Waals surface area contributed by atoms with E-state index in [1.165, 1.54) is 0 Å². The molecule has 0 aliphatic carbocycles. The summed E-state index contributed by atoms with van der Waals surface area (Å²) in [4.78, 5) is 14.4. The van der Waals surface area contributed by atoms with Gasteiger partial charge in [0.1, 0.15) is 0 Å². The lowest BCUT2D eigenvalue weighted by Crippen LogP contribution is -2.34. The molecule has 0 spiro atoms. The van der Waals surface area contributed by atoms with Crippen LogP contribution in [0.3, 0.4) is 0 Å². The number of nitrogens with zero attached hydrogens (tertiary/aromatic N) is 1. The van der Waals surface area contributed by atoms with E-state index in [0.717, 1.165) is 30.6 Å². The van der Waals surface area contributed by atoms with Crippen LogP contribution >= 0.6 is 0 Å². The SMILES string of the molecule is CCCCN(C(=O)CC(C)(C)C)c1cccc(CO)c1. The number of anilines is 1. The number of unbranched alkanes of at least 4 members (excludes halogenated alkanes) is 1. The third-order valence-electron chi connectivity index (χ3n) is 3.12. The molecule has 1 amide bonds. The van der Waals surface area contributed by atoms with E-state index in [4.69, 9.17) is 0 Å². The maximum atomic E-state index is 12.5. The molecule has 3 heteroatoms. The average molecular weight is 277 g/mol. The number of rotatable bonds is 6. The van der Waals surface area contributed by atoms with Crippen LogP contribution < -0.4 is 4.90 Å². The first-order chi connectivity index (χ1) is 9.37. The summed E-state index contributed by atoms with van der Waals surface area (Å²) in [6.45, 7) is 9.09. The van der Waals surface area contributed by atoms with Crippen molar-refractivity contribution in [2.24, 2.45) is 5.41 Å². The zero-order valence-electron chi connectivity index (χ0n) is 13.1. The van der Waals surface area contributed by atoms with Crippen LogP contribution in [0.15, 0.2) is 24.3 Å². The summed E-state index contributed by atoms with van der Waals surface area (Å²) in [6, 6.07) is 7.60. The zero-order chi connectivity index (χ0) is 15.2. The molecule has 112 valence electrons. The largest absolute Gasteiger partial charge is 0.392 e. The fourth-order valence-electron chi connectivity index (χ4n) is 2.09. The average Bonchev–Trinajstić information content (AvgIpc) is 2.37. The number of benzene rings is 1. The summed E-state index contributed by atoms with van der Waals surface area (Å²) < 4.78 is 0. The lowest BCUT2D eigenvalue weighted by Gasteiger charge is -2.27. The fraction of sp³-hybridized carbons (Fsp3) is 0.588. The van der Waals surface area contributed by atoms with Gasteiger partial charge in [0.25, 0.3) is 0 Å². The summed E-state index contributed by atoms with van der Waals surface area (Å²) in [6.07, 6.45) is 2.57. The summed E-state index contributed by atoms with van der Waals surface area (Å²) in [5, 5.41) is 9.24. The molecule has 0 aliphatic heterocycles. The van der Waals surface area contributed by atoms with Gasteiger partial charge in [-0.05, 0) is 29.5 Å². The number of aliphatic hydroxyl groups is 1. The van der Waals surface area contributed by atoms with E-state index in [1.54, 1.807) is 0 Å². The van der Waals surface area contributed by atoms with Gasteiger partial charge in [-0.2, -0.15) is 0 Å². The first kappa shape index (κ1) is 16.7. The first-order valence-electron chi connectivity index (χ1n) is 7.37. The van der Waals surface area contributed by atoms with Gasteiger partial charge < -0.3 is 10.0 Å². The molecule has 0 unspecified atom stereocenters. The molecule has 1 aromatic rings. The molecule has 3 nitrogen and oxygen atoms in total. The summed E-state index contributed by atoms with van der Waals surface area (Å²) in [7, 11) is 0. The highest BCUT2D eigenvalue weighted by Gasteiger charge is 2.22. The number of hydrogen-bond donors (Lipinski definition) is 1. The second-order valence-electron chi connectivity index (χ2n) is 6.46. The van der Waals surface area contributed by atoms with E-state index < -0.39 is 0 Å². The minimum absolute atomic E-state index is 0.00290. The van der Waals surface area contributed by atoms with Crippen molar-refractivity contribution >= 4 is 11.6 Å². The molecule has 0 atom stereocenters. The Bertz CT molecular complexity index is 435. The van der Waals surface area contributed by atoms with Gasteiger partial charge >= 0.3 is 0 Å². The Morgan fingerprint density at radius 3 is 2.55 bits per heavy atom. The molecular formula is C17H27NO2. The molecule has 0 fully saturated rings. The van der Waals surface area contributed by atoms with Crippen LogP contribution in [0.4, 0.5) is 5.69 Å². The lowest BCUT2D eigenvalue weighted by molar-refractivity contribution is -0.120. The standard InChI is InChI=1S/C17H27NO2/c1-5-6-10-18(16(20)12-17(2,3)4)15-9-7-8-14(11-15)13-19/h7-9,11,19H,5-6,10,12-13H2,1-4H3. The van der Waals surface area contributed by atoms with Crippen LogP contribution in [0.1, 0.15) is 52.5 Å². The van der Waals surface area contributed by atoms with Crippen molar-refractivity contribution in [2.45, 2.75) is 53.6 Å². The molecule has 0 aromatic heterocycles. The fourth-order valence-corrected chi connectivity index (χ4v) is 2.09. The second-order valence-corrected chi connectivity index (χ2v) is 6.46. The van der Waals surface area contributed by atoms with Gasteiger partial charge in [0, 0.05) is 18.7 Å². The highest BCUT2D eigenvalue weighted by molar-refractivity contribution is 5.93. The summed E-state index contributed by atoms with van der Waals surface area (Å²) in [5.74, 6) is 0.154. The van der Waals surface area contributed by atoms with Gasteiger partial charge in [-0.25, -0.2) is 0 Å². The second kappa shape index (κ2) is 7.44. The van der Waals surface area contributed by atoms with E-state index in [1.807, 2.05) is 29.2 Å². The van der Waals surface area contributed by atoms with Crippen molar-refractivity contribution < 1.29 is 9.90 Å². The number of amides is 1. The van der Waals surface area contributed by atoms with Crippen LogP contribution in [-0.4, -0.2) is 17.6 Å². The molecule has 0 radical (unpaired) electrons. The predicted molar refractivity (Wildman–Crippen MR) is 83.7 cm³/mol. The molecule has 1 N–H and O–H groups in total. The van der Waals surface area contributed by atoms with Gasteiger partial charge in [-0.15, -0.1) is 0 Å². The highest BCUT2D eigenvalue weighted by Crippen LogP contribution is 2.24. The monoisotopic (exact) mass is 277 g/mol. The Kier molecular flexibility index (Phi) is 6.21. The quantitative estimate of drug-likeness (QED) is 0.860. The van der Waals surface area contributed by atoms with E-state index in [-0.39, 0.29) is 17.9 Å². The predicted octanol–water partition coefficient (Wildman–Crippen LogP) is 3.75. The van der Waals surface area contributed by atoms with Crippen molar-refractivity contribution in [1.82, 2.24) is 0 Å². The molecule has 0 bridgehead atoms. The van der Waals surface area contributed by atoms with Crippen molar-refractivity contribution in [2.75, 3.05) is 11.4 Å². The third kappa shape index (κ3) is 5.33. The maximum absolute atomic E-state index is 12.5. The van der Waals surface area contributed by atoms with Crippen molar-refractivity contribution in [3.8, 4) is 0 Å². The lowest BCUT2D eigenvalue weighted by atomic mass is 9.91. The smallest absolute Gasteiger partial charge is 0.227 e. The molecule has 0 saturated heterocycles. The Hall–Kier alpha value is -1.35. The number of aliphatic hydroxyl groups excluding tert-OH is 1. The zero-order valence-corrected chi connectivity index (χ0v) is 13.1. The molecular weight excluding hydrogens is 250 g/mol. The van der Waals surface area contributed by atoms with Crippen LogP contribution in [0.25, 0.3) is 0 Å². The van der Waals surface area contributed by atoms with Crippen molar-refractivity contribution in [3.63, 3.8) is 0 Å². The topological polar surface area (TPSA) is 40.5 Å². The Morgan fingerprint density at radius 1 is 1.30 bits per heavy atom. The summed E-state index contributed by atoms with van der Waals surface area (Å²) in [5.41, 5.74) is 1.71. The van der Waals surface area contributed by atoms with E-state index in [0.29, 0.717) is 6.42 Å². The Balaban J connectivity index is 2.95. The van der Waals surface area contributed by atoms with Crippen LogP contribution in [-0.2, 0) is 11.4 Å². The molecule has 0 aliphatic rings. The van der Waals surface area contributed by atoms with E-state index >= 15 is 0 Å². The van der Waals surface area contributed by atoms with Crippen molar-refractivity contribution in [1.29, 1.82) is 0 Å². The van der Waals surface area contributed by atoms with Gasteiger partial charge in [0.15, 0.2) is 0 Å². The Labute approximate surface area is 122 Å². The minimum atomic E-state index is -0.0177. The third-order valence-corrected chi connectivity index (χ3v) is 3.12. The number of hydrogen-bond acceptors (Lipinski definition) is 2. The van der Waals surface area contributed by atoms with E-state index in [2.05, 4.69) is 27.7 Å². The highest BCUT2D eigenvalue weighted by atomic mass is 16.3. The van der Waals surface area contributed by atoms with Gasteiger partial charge in [0.2, 0.25) is 5.91 Å². The Morgan fingerprint density at radius 2 is 2.00 bits per heavy atom. The van der Waals surface area contributed by atoms with Crippen LogP contribution in [0.2, 0.25) is 0 Å². The first-order valence-corrected chi connectivity index (χ1v) is 7.37. The van der Waals surface area contributed by atoms with Gasteiger partial charge in [0.05, 0.1) is 6.61 Å². The van der Waals surface area contributed by atoms with Crippen LogP contribution in [0, 0.1) is 5.41 Å². The molecule has 0 heterocycles. The molecule has 20 heavy (non-hydrogen) atoms. The normalized spacial score (nSPS) is 11.4. The molecule has 1 rings (SSSR count). The molecule has 0 saturated carbocycles. The summed E-state index contributed by atoms with van der Waals surface area (Å²) >= 11 is 0. The van der Waals surface area contributed by atoms with Crippen LogP contribution in [0.5, 0.6) is 0 Å². The minimum Gasteiger partial charge on any atom is -0.392 e. The van der Waals surface area contributed by atoms with Gasteiger partial charge in [-0.3, -0.25) is 4.79 Å². The van der Waals surface area contributed by atoms with Crippen molar-refractivity contribution in [3.05, 3.63) is 29.8 Å². The van der Waals surface area contributed by atoms with Gasteiger partial charge in [-0.1, -0.05) is 46.2 Å². The van der Waals surface area contributed by atoms with E-state index in [9.17, 15) is 9.90 Å². The number of carbonyl (C=O) groups excluding carboxylic acids is 1. The molecule has 1 aromatic carbocycles.